The molecule has 1 aromatic heterocycles. The number of aromatic nitrogens is 1. The van der Waals surface area contributed by atoms with Crippen LogP contribution in [0.1, 0.15) is 31.3 Å². The van der Waals surface area contributed by atoms with Gasteiger partial charge in [0.2, 0.25) is 0 Å². The molecule has 6 heteroatoms. The van der Waals surface area contributed by atoms with Gasteiger partial charge in [0.25, 0.3) is 0 Å². The average Bonchev–Trinajstić information content (AvgIpc) is 2.82. The van der Waals surface area contributed by atoms with Gasteiger partial charge in [-0.15, -0.1) is 11.3 Å². The normalized spacial score (nSPS) is 23.3. The van der Waals surface area contributed by atoms with Crippen LogP contribution in [0.3, 0.4) is 0 Å². The Morgan fingerprint density at radius 1 is 1.50 bits per heavy atom. The number of anilines is 1. The maximum Gasteiger partial charge on any atom is 0.186 e. The maximum atomic E-state index is 5.69. The first-order valence-electron chi connectivity index (χ1n) is 7.22. The van der Waals surface area contributed by atoms with Gasteiger partial charge < -0.3 is 19.7 Å². The number of morpholine rings is 1. The summed E-state index contributed by atoms with van der Waals surface area (Å²) >= 11 is 1.77. The maximum absolute atomic E-state index is 5.69. The third-order valence-corrected chi connectivity index (χ3v) is 4.57. The van der Waals surface area contributed by atoms with Gasteiger partial charge in [0.1, 0.15) is 0 Å². The molecule has 1 aliphatic heterocycles. The van der Waals surface area contributed by atoms with Gasteiger partial charge in [-0.2, -0.15) is 0 Å². The molecule has 5 nitrogen and oxygen atoms in total. The van der Waals surface area contributed by atoms with Crippen LogP contribution in [0.2, 0.25) is 0 Å². The molecule has 2 rings (SSSR count). The smallest absolute Gasteiger partial charge is 0.186 e. The van der Waals surface area contributed by atoms with E-state index < -0.39 is 0 Å². The fourth-order valence-corrected chi connectivity index (χ4v) is 3.43. The Bertz CT molecular complexity index is 425. The summed E-state index contributed by atoms with van der Waals surface area (Å²) in [5.41, 5.74) is 1.06. The van der Waals surface area contributed by atoms with E-state index in [-0.39, 0.29) is 6.10 Å². The Morgan fingerprint density at radius 2 is 2.30 bits per heavy atom. The van der Waals surface area contributed by atoms with E-state index in [1.165, 1.54) is 4.88 Å². The molecule has 2 atom stereocenters. The van der Waals surface area contributed by atoms with Crippen molar-refractivity contribution in [2.24, 2.45) is 0 Å². The molecule has 1 N–H and O–H groups in total. The Morgan fingerprint density at radius 3 is 3.00 bits per heavy atom. The predicted molar refractivity (Wildman–Crippen MR) is 82.4 cm³/mol. The summed E-state index contributed by atoms with van der Waals surface area (Å²) in [4.78, 5) is 8.41. The number of rotatable bonds is 6. The molecule has 2 unspecified atom stereocenters. The molecule has 0 saturated carbocycles. The summed E-state index contributed by atoms with van der Waals surface area (Å²) in [6, 6.07) is 0.375. The van der Waals surface area contributed by atoms with Crippen LogP contribution in [0.4, 0.5) is 5.13 Å². The molecule has 0 aliphatic carbocycles. The van der Waals surface area contributed by atoms with Gasteiger partial charge in [-0.1, -0.05) is 6.92 Å². The van der Waals surface area contributed by atoms with Crippen molar-refractivity contribution in [2.75, 3.05) is 31.7 Å². The summed E-state index contributed by atoms with van der Waals surface area (Å²) in [6.07, 6.45) is 0.262. The molecule has 0 amide bonds. The lowest BCUT2D eigenvalue weighted by molar-refractivity contribution is 0.0343. The van der Waals surface area contributed by atoms with Gasteiger partial charge in [0, 0.05) is 25.1 Å². The van der Waals surface area contributed by atoms with E-state index in [1.807, 2.05) is 0 Å². The van der Waals surface area contributed by atoms with Crippen LogP contribution in [0, 0.1) is 0 Å². The second-order valence-electron chi connectivity index (χ2n) is 5.22. The topological polar surface area (TPSA) is 46.6 Å². The molecule has 1 aliphatic rings. The summed E-state index contributed by atoms with van der Waals surface area (Å²) in [7, 11) is 1.72. The second kappa shape index (κ2) is 7.36. The molecule has 1 fully saturated rings. The quantitative estimate of drug-likeness (QED) is 0.871. The largest absolute Gasteiger partial charge is 0.378 e. The minimum absolute atomic E-state index is 0.262. The van der Waals surface area contributed by atoms with Crippen molar-refractivity contribution in [3.63, 3.8) is 0 Å². The van der Waals surface area contributed by atoms with Crippen molar-refractivity contribution in [3.05, 3.63) is 10.6 Å². The Balaban J connectivity index is 2.17. The van der Waals surface area contributed by atoms with Crippen LogP contribution < -0.4 is 10.2 Å². The molecule has 114 valence electrons. The number of thiazole rings is 1. The highest BCUT2D eigenvalue weighted by Crippen LogP contribution is 2.30. The SMILES string of the molecule is CCNCc1sc(N2CC(C)OCC2C)nc1COC. The second-order valence-corrected chi connectivity index (χ2v) is 6.29. The molecular formula is C14H25N3O2S. The van der Waals surface area contributed by atoms with Crippen LogP contribution in [0.5, 0.6) is 0 Å². The molecule has 0 spiro atoms. The standard InChI is InChI=1S/C14H25N3O2S/c1-5-15-6-13-12(9-18-4)16-14(20-13)17-7-11(3)19-8-10(17)2/h10-11,15H,5-9H2,1-4H3. The number of ether oxygens (including phenoxy) is 2. The van der Waals surface area contributed by atoms with E-state index in [4.69, 9.17) is 14.5 Å². The van der Waals surface area contributed by atoms with Gasteiger partial charge >= 0.3 is 0 Å². The van der Waals surface area contributed by atoms with Crippen LogP contribution in [-0.2, 0) is 22.6 Å². The molecule has 1 saturated heterocycles. The van der Waals surface area contributed by atoms with Crippen molar-refractivity contribution in [1.29, 1.82) is 0 Å². The highest BCUT2D eigenvalue weighted by Gasteiger charge is 2.26. The number of nitrogens with one attached hydrogen (secondary N) is 1. The first-order chi connectivity index (χ1) is 9.65. The van der Waals surface area contributed by atoms with Crippen LogP contribution in [0.25, 0.3) is 0 Å². The highest BCUT2D eigenvalue weighted by atomic mass is 32.1. The Kier molecular flexibility index (Phi) is 5.77. The van der Waals surface area contributed by atoms with Crippen LogP contribution in [-0.4, -0.2) is 43.9 Å². The Labute approximate surface area is 125 Å². The number of methoxy groups -OCH3 is 1. The molecule has 2 heterocycles. The lowest BCUT2D eigenvalue weighted by Crippen LogP contribution is -2.47. The molecule has 20 heavy (non-hydrogen) atoms. The first-order valence-corrected chi connectivity index (χ1v) is 8.03. The molecule has 1 aromatic rings. The van der Waals surface area contributed by atoms with E-state index in [2.05, 4.69) is 31.0 Å². The third-order valence-electron chi connectivity index (χ3n) is 3.44. The predicted octanol–water partition coefficient (Wildman–Crippen LogP) is 2.01. The van der Waals surface area contributed by atoms with Crippen molar-refractivity contribution >= 4 is 16.5 Å². The molecular weight excluding hydrogens is 274 g/mol. The van der Waals surface area contributed by atoms with E-state index in [9.17, 15) is 0 Å². The van der Waals surface area contributed by atoms with Gasteiger partial charge in [-0.25, -0.2) is 4.98 Å². The zero-order chi connectivity index (χ0) is 14.5. The number of hydrogen-bond acceptors (Lipinski definition) is 6. The zero-order valence-electron chi connectivity index (χ0n) is 12.8. The summed E-state index contributed by atoms with van der Waals surface area (Å²) in [6.45, 7) is 10.5. The van der Waals surface area contributed by atoms with Crippen molar-refractivity contribution < 1.29 is 9.47 Å². The average molecular weight is 299 g/mol. The van der Waals surface area contributed by atoms with E-state index >= 15 is 0 Å². The summed E-state index contributed by atoms with van der Waals surface area (Å²) in [5, 5.41) is 4.46. The van der Waals surface area contributed by atoms with E-state index in [0.717, 1.165) is 37.1 Å². The van der Waals surface area contributed by atoms with Gasteiger partial charge in [-0.05, 0) is 20.4 Å². The molecule has 0 radical (unpaired) electrons. The van der Waals surface area contributed by atoms with Gasteiger partial charge in [-0.3, -0.25) is 0 Å². The Hall–Kier alpha value is -0.690. The number of nitrogens with zero attached hydrogens (tertiary/aromatic N) is 2. The van der Waals surface area contributed by atoms with Crippen molar-refractivity contribution in [2.45, 2.75) is 46.1 Å². The summed E-state index contributed by atoms with van der Waals surface area (Å²) in [5.74, 6) is 0. The zero-order valence-corrected chi connectivity index (χ0v) is 13.6. The summed E-state index contributed by atoms with van der Waals surface area (Å²) < 4.78 is 11.0. The first kappa shape index (κ1) is 15.7. The minimum Gasteiger partial charge on any atom is -0.378 e. The van der Waals surface area contributed by atoms with Crippen molar-refractivity contribution in [3.8, 4) is 0 Å². The fourth-order valence-electron chi connectivity index (χ4n) is 2.29. The highest BCUT2D eigenvalue weighted by molar-refractivity contribution is 7.15. The minimum atomic E-state index is 0.262. The lowest BCUT2D eigenvalue weighted by Gasteiger charge is -2.36. The third kappa shape index (κ3) is 3.69. The fraction of sp³-hybridized carbons (Fsp3) is 0.786. The van der Waals surface area contributed by atoms with Gasteiger partial charge in [0.15, 0.2) is 5.13 Å². The monoisotopic (exact) mass is 299 g/mol. The van der Waals surface area contributed by atoms with E-state index in [0.29, 0.717) is 12.6 Å². The van der Waals surface area contributed by atoms with Crippen LogP contribution >= 0.6 is 11.3 Å². The van der Waals surface area contributed by atoms with E-state index in [1.54, 1.807) is 18.4 Å². The molecule has 0 aromatic carbocycles. The lowest BCUT2D eigenvalue weighted by atomic mass is 10.2. The van der Waals surface area contributed by atoms with Gasteiger partial charge in [0.05, 0.1) is 31.1 Å². The number of hydrogen-bond donors (Lipinski definition) is 1. The van der Waals surface area contributed by atoms with Crippen molar-refractivity contribution in [1.82, 2.24) is 10.3 Å². The van der Waals surface area contributed by atoms with Crippen LogP contribution in [0.15, 0.2) is 0 Å². The molecule has 0 bridgehead atoms.